The molecule has 0 N–H and O–H groups in total. The summed E-state index contributed by atoms with van der Waals surface area (Å²) in [7, 11) is 4.69. The van der Waals surface area contributed by atoms with Gasteiger partial charge in [0.05, 0.1) is 43.7 Å². The number of rotatable bonds is 9. The Morgan fingerprint density at radius 3 is 2.43 bits per heavy atom. The highest BCUT2D eigenvalue weighted by Gasteiger charge is 2.35. The molecule has 0 saturated carbocycles. The molecule has 1 aromatic heterocycles. The topological polar surface area (TPSA) is 88.4 Å². The first-order valence-corrected chi connectivity index (χ1v) is 12.9. The molecule has 37 heavy (non-hydrogen) atoms. The largest absolute Gasteiger partial charge is 0.496 e. The molecule has 0 saturated heterocycles. The fraction of sp³-hybridized carbons (Fsp3) is 0.321. The summed E-state index contributed by atoms with van der Waals surface area (Å²) in [6.07, 6.45) is 3.10. The van der Waals surface area contributed by atoms with Gasteiger partial charge in [0.2, 0.25) is 0 Å². The van der Waals surface area contributed by atoms with Crippen LogP contribution in [-0.4, -0.2) is 38.5 Å². The van der Waals surface area contributed by atoms with E-state index in [4.69, 9.17) is 23.9 Å². The normalized spacial score (nSPS) is 15.2. The van der Waals surface area contributed by atoms with Gasteiger partial charge in [-0.15, -0.1) is 0 Å². The van der Waals surface area contributed by atoms with E-state index in [1.165, 1.54) is 11.3 Å². The molecular formula is C28H30N2O6S. The van der Waals surface area contributed by atoms with Crippen LogP contribution in [0.25, 0.3) is 6.08 Å². The lowest BCUT2D eigenvalue weighted by Crippen LogP contribution is -2.40. The smallest absolute Gasteiger partial charge is 0.338 e. The zero-order valence-corrected chi connectivity index (χ0v) is 22.4. The molecule has 2 heterocycles. The van der Waals surface area contributed by atoms with E-state index in [-0.39, 0.29) is 12.2 Å². The zero-order valence-electron chi connectivity index (χ0n) is 21.6. The lowest BCUT2D eigenvalue weighted by atomic mass is 9.93. The number of ether oxygens (including phenoxy) is 4. The van der Waals surface area contributed by atoms with E-state index < -0.39 is 12.0 Å². The summed E-state index contributed by atoms with van der Waals surface area (Å²) in [6.45, 7) is 3.99. The van der Waals surface area contributed by atoms with Crippen LogP contribution in [0.5, 0.6) is 17.2 Å². The predicted molar refractivity (Wildman–Crippen MR) is 142 cm³/mol. The lowest BCUT2D eigenvalue weighted by molar-refractivity contribution is -0.139. The predicted octanol–water partition coefficient (Wildman–Crippen LogP) is 3.60. The molecule has 2 aromatic carbocycles. The Morgan fingerprint density at radius 1 is 1.03 bits per heavy atom. The molecule has 9 heteroatoms. The quantitative estimate of drug-likeness (QED) is 0.399. The van der Waals surface area contributed by atoms with Gasteiger partial charge in [0, 0.05) is 11.1 Å². The first-order chi connectivity index (χ1) is 18.0. The van der Waals surface area contributed by atoms with Crippen molar-refractivity contribution in [3.63, 3.8) is 0 Å². The molecule has 194 valence electrons. The minimum absolute atomic E-state index is 0.209. The first-order valence-electron chi connectivity index (χ1n) is 12.0. The fourth-order valence-electron chi connectivity index (χ4n) is 4.47. The summed E-state index contributed by atoms with van der Waals surface area (Å²) in [6, 6.07) is 12.1. The SMILES string of the molecule is CCCC1=C(C(=O)OCC)[C@@H](c2ccccc2OC)n2c(s/c(=C\c3cccc(OC)c3OC)c2=O)=N1. The van der Waals surface area contributed by atoms with Crippen molar-refractivity contribution in [2.45, 2.75) is 32.7 Å². The number of methoxy groups -OCH3 is 3. The molecule has 8 nitrogen and oxygen atoms in total. The molecule has 0 fully saturated rings. The van der Waals surface area contributed by atoms with Crippen molar-refractivity contribution in [3.8, 4) is 17.2 Å². The summed E-state index contributed by atoms with van der Waals surface area (Å²) in [5, 5.41) is 0. The van der Waals surface area contributed by atoms with E-state index in [0.717, 1.165) is 6.42 Å². The van der Waals surface area contributed by atoms with Gasteiger partial charge in [-0.1, -0.05) is 55.0 Å². The van der Waals surface area contributed by atoms with Gasteiger partial charge < -0.3 is 18.9 Å². The second kappa shape index (κ2) is 11.5. The number of para-hydroxylation sites is 2. The highest BCUT2D eigenvalue weighted by atomic mass is 32.1. The Balaban J connectivity index is 2.04. The van der Waals surface area contributed by atoms with Crippen LogP contribution in [0.3, 0.4) is 0 Å². The second-order valence-electron chi connectivity index (χ2n) is 8.24. The number of nitrogens with zero attached hydrogens (tertiary/aromatic N) is 2. The Bertz CT molecular complexity index is 1520. The number of esters is 1. The average molecular weight is 523 g/mol. The minimum atomic E-state index is -0.748. The molecule has 1 atom stereocenters. The summed E-state index contributed by atoms with van der Waals surface area (Å²) >= 11 is 1.26. The maximum atomic E-state index is 13.9. The molecule has 1 aliphatic rings. The molecule has 3 aromatic rings. The molecular weight excluding hydrogens is 492 g/mol. The van der Waals surface area contributed by atoms with Crippen molar-refractivity contribution in [1.82, 2.24) is 4.57 Å². The second-order valence-corrected chi connectivity index (χ2v) is 9.25. The Labute approximate surface area is 219 Å². The van der Waals surface area contributed by atoms with E-state index >= 15 is 0 Å². The summed E-state index contributed by atoms with van der Waals surface area (Å²) < 4.78 is 24.1. The number of fused-ring (bicyclic) bond motifs is 1. The van der Waals surface area contributed by atoms with Crippen molar-refractivity contribution in [2.75, 3.05) is 27.9 Å². The van der Waals surface area contributed by atoms with Gasteiger partial charge >= 0.3 is 5.97 Å². The molecule has 0 unspecified atom stereocenters. The van der Waals surface area contributed by atoms with E-state index in [9.17, 15) is 9.59 Å². The van der Waals surface area contributed by atoms with Crippen molar-refractivity contribution in [2.24, 2.45) is 4.99 Å². The van der Waals surface area contributed by atoms with Crippen LogP contribution in [0.1, 0.15) is 43.9 Å². The van der Waals surface area contributed by atoms with Gasteiger partial charge in [-0.3, -0.25) is 9.36 Å². The number of carbonyl (C=O) groups excluding carboxylic acids is 1. The van der Waals surface area contributed by atoms with E-state index in [2.05, 4.69) is 0 Å². The van der Waals surface area contributed by atoms with E-state index in [1.54, 1.807) is 45.0 Å². The van der Waals surface area contributed by atoms with Gasteiger partial charge in [-0.05, 0) is 31.6 Å². The van der Waals surface area contributed by atoms with Gasteiger partial charge in [0.15, 0.2) is 16.3 Å². The number of hydrogen-bond acceptors (Lipinski definition) is 8. The van der Waals surface area contributed by atoms with Crippen molar-refractivity contribution >= 4 is 23.4 Å². The molecule has 0 aliphatic carbocycles. The zero-order chi connectivity index (χ0) is 26.5. The van der Waals surface area contributed by atoms with Crippen molar-refractivity contribution < 1.29 is 23.7 Å². The van der Waals surface area contributed by atoms with Crippen LogP contribution < -0.4 is 29.1 Å². The standard InChI is InChI=1S/C28H30N2O6S/c1-6-11-19-23(27(32)36-7-2)24(18-13-8-9-14-20(18)33-3)30-26(31)22(37-28(30)29-19)16-17-12-10-15-21(34-4)25(17)35-5/h8-10,12-16,24H,6-7,11H2,1-5H3/b22-16-/t24-/m1/s1. The fourth-order valence-corrected chi connectivity index (χ4v) is 5.49. The number of hydrogen-bond donors (Lipinski definition) is 0. The van der Waals surface area contributed by atoms with Crippen LogP contribution in [0.4, 0.5) is 0 Å². The maximum absolute atomic E-state index is 13.9. The van der Waals surface area contributed by atoms with Gasteiger partial charge in [-0.25, -0.2) is 9.79 Å². The molecule has 4 rings (SSSR count). The molecule has 0 amide bonds. The minimum Gasteiger partial charge on any atom is -0.496 e. The number of aromatic nitrogens is 1. The van der Waals surface area contributed by atoms with Crippen LogP contribution in [-0.2, 0) is 9.53 Å². The van der Waals surface area contributed by atoms with Crippen LogP contribution in [0.2, 0.25) is 0 Å². The number of allylic oxidation sites excluding steroid dienone is 1. The van der Waals surface area contributed by atoms with Crippen molar-refractivity contribution in [1.29, 1.82) is 0 Å². The van der Waals surface area contributed by atoms with Gasteiger partial charge in [-0.2, -0.15) is 0 Å². The Hall–Kier alpha value is -3.85. The first kappa shape index (κ1) is 26.2. The number of thiazole rings is 1. The van der Waals surface area contributed by atoms with E-state index in [1.807, 2.05) is 43.3 Å². The van der Waals surface area contributed by atoms with Crippen LogP contribution in [0, 0.1) is 0 Å². The summed E-state index contributed by atoms with van der Waals surface area (Å²) in [4.78, 5) is 32.5. The third-order valence-corrected chi connectivity index (χ3v) is 7.03. The van der Waals surface area contributed by atoms with E-state index in [0.29, 0.717) is 55.4 Å². The molecule has 1 aliphatic heterocycles. The number of carbonyl (C=O) groups is 1. The summed E-state index contributed by atoms with van der Waals surface area (Å²) in [5.41, 5.74) is 2.07. The highest BCUT2D eigenvalue weighted by Crippen LogP contribution is 2.37. The molecule has 0 radical (unpaired) electrons. The lowest BCUT2D eigenvalue weighted by Gasteiger charge is -2.26. The van der Waals surface area contributed by atoms with Crippen LogP contribution in [0.15, 0.2) is 63.5 Å². The Kier molecular flexibility index (Phi) is 8.13. The molecule has 0 bridgehead atoms. The van der Waals surface area contributed by atoms with Crippen molar-refractivity contribution in [3.05, 3.63) is 84.5 Å². The third-order valence-electron chi connectivity index (χ3n) is 6.05. The highest BCUT2D eigenvalue weighted by molar-refractivity contribution is 7.07. The monoisotopic (exact) mass is 522 g/mol. The molecule has 0 spiro atoms. The maximum Gasteiger partial charge on any atom is 0.338 e. The van der Waals surface area contributed by atoms with Gasteiger partial charge in [0.1, 0.15) is 11.8 Å². The summed E-state index contributed by atoms with van der Waals surface area (Å²) in [5.74, 6) is 1.16. The van der Waals surface area contributed by atoms with Crippen LogP contribution >= 0.6 is 11.3 Å². The average Bonchev–Trinajstić information content (AvgIpc) is 3.22. The Morgan fingerprint density at radius 2 is 1.76 bits per heavy atom. The third kappa shape index (κ3) is 4.91. The number of benzene rings is 2. The van der Waals surface area contributed by atoms with Gasteiger partial charge in [0.25, 0.3) is 5.56 Å².